The van der Waals surface area contributed by atoms with E-state index >= 15 is 0 Å². The molecule has 0 saturated heterocycles. The molecular formula is C19H22FN3O2. The van der Waals surface area contributed by atoms with Gasteiger partial charge in [0.05, 0.1) is 6.54 Å². The third-order valence-electron chi connectivity index (χ3n) is 3.82. The molecule has 1 heterocycles. The van der Waals surface area contributed by atoms with E-state index in [0.29, 0.717) is 25.9 Å². The minimum atomic E-state index is -0.313. The van der Waals surface area contributed by atoms with Crippen molar-refractivity contribution in [2.24, 2.45) is 0 Å². The molecule has 2 aromatic rings. The van der Waals surface area contributed by atoms with Crippen molar-refractivity contribution in [2.75, 3.05) is 13.1 Å². The first-order chi connectivity index (χ1) is 12.1. The Labute approximate surface area is 146 Å². The second kappa shape index (κ2) is 9.52. The van der Waals surface area contributed by atoms with Gasteiger partial charge in [-0.2, -0.15) is 0 Å². The fourth-order valence-electron chi connectivity index (χ4n) is 2.36. The van der Waals surface area contributed by atoms with Gasteiger partial charge in [0, 0.05) is 31.9 Å². The summed E-state index contributed by atoms with van der Waals surface area (Å²) in [5.41, 5.74) is 1.80. The average molecular weight is 343 g/mol. The van der Waals surface area contributed by atoms with Gasteiger partial charge in [-0.3, -0.25) is 14.6 Å². The maximum Gasteiger partial charge on any atom is 0.239 e. The Hall–Kier alpha value is -2.76. The number of hydrogen-bond acceptors (Lipinski definition) is 3. The Morgan fingerprint density at radius 3 is 2.56 bits per heavy atom. The van der Waals surface area contributed by atoms with Gasteiger partial charge in [0.1, 0.15) is 5.82 Å². The third kappa shape index (κ3) is 6.33. The molecule has 6 heteroatoms. The quantitative estimate of drug-likeness (QED) is 0.800. The number of nitrogens with one attached hydrogen (secondary N) is 1. The standard InChI is InChI=1S/C19H22FN3O2/c1-2-23(19(25)10-7-15-4-3-11-21-12-15)14-18(24)22-13-16-5-8-17(20)9-6-16/h3-6,8-9,11-12H,2,7,10,13-14H2,1H3,(H,22,24). The van der Waals surface area contributed by atoms with Gasteiger partial charge in [0.15, 0.2) is 0 Å². The largest absolute Gasteiger partial charge is 0.350 e. The van der Waals surface area contributed by atoms with E-state index < -0.39 is 0 Å². The van der Waals surface area contributed by atoms with Gasteiger partial charge in [-0.05, 0) is 42.7 Å². The molecule has 0 spiro atoms. The second-order valence-electron chi connectivity index (χ2n) is 5.67. The van der Waals surface area contributed by atoms with Crippen LogP contribution in [-0.4, -0.2) is 34.8 Å². The molecule has 2 rings (SSSR count). The monoisotopic (exact) mass is 343 g/mol. The number of amides is 2. The molecule has 0 unspecified atom stereocenters. The highest BCUT2D eigenvalue weighted by molar-refractivity contribution is 5.84. The van der Waals surface area contributed by atoms with Crippen LogP contribution in [0.15, 0.2) is 48.8 Å². The molecule has 0 atom stereocenters. The van der Waals surface area contributed by atoms with E-state index in [1.165, 1.54) is 17.0 Å². The summed E-state index contributed by atoms with van der Waals surface area (Å²) < 4.78 is 12.9. The number of benzene rings is 1. The van der Waals surface area contributed by atoms with Crippen LogP contribution in [0.5, 0.6) is 0 Å². The molecule has 2 amide bonds. The highest BCUT2D eigenvalue weighted by Gasteiger charge is 2.15. The van der Waals surface area contributed by atoms with Crippen molar-refractivity contribution in [1.82, 2.24) is 15.2 Å². The summed E-state index contributed by atoms with van der Waals surface area (Å²) in [6, 6.07) is 9.69. The van der Waals surface area contributed by atoms with Gasteiger partial charge in [-0.1, -0.05) is 18.2 Å². The predicted octanol–water partition coefficient (Wildman–Crippen LogP) is 2.32. The minimum absolute atomic E-state index is 0.0174. The van der Waals surface area contributed by atoms with Crippen LogP contribution >= 0.6 is 0 Å². The predicted molar refractivity (Wildman–Crippen MR) is 93.1 cm³/mol. The van der Waals surface area contributed by atoms with Gasteiger partial charge in [-0.15, -0.1) is 0 Å². The average Bonchev–Trinajstić information content (AvgIpc) is 2.64. The molecule has 5 nitrogen and oxygen atoms in total. The molecular weight excluding hydrogens is 321 g/mol. The van der Waals surface area contributed by atoms with Crippen molar-refractivity contribution in [3.63, 3.8) is 0 Å². The highest BCUT2D eigenvalue weighted by Crippen LogP contribution is 2.04. The van der Waals surface area contributed by atoms with E-state index in [2.05, 4.69) is 10.3 Å². The smallest absolute Gasteiger partial charge is 0.239 e. The molecule has 0 saturated carbocycles. The molecule has 132 valence electrons. The van der Waals surface area contributed by atoms with Crippen molar-refractivity contribution >= 4 is 11.8 Å². The van der Waals surface area contributed by atoms with E-state index in [-0.39, 0.29) is 24.2 Å². The van der Waals surface area contributed by atoms with Crippen LogP contribution in [0, 0.1) is 5.82 Å². The number of nitrogens with zero attached hydrogens (tertiary/aromatic N) is 2. The lowest BCUT2D eigenvalue weighted by molar-refractivity contribution is -0.135. The molecule has 0 aliphatic heterocycles. The first-order valence-corrected chi connectivity index (χ1v) is 8.26. The zero-order valence-corrected chi connectivity index (χ0v) is 14.2. The first kappa shape index (κ1) is 18.6. The van der Waals surface area contributed by atoms with Crippen LogP contribution in [0.1, 0.15) is 24.5 Å². The van der Waals surface area contributed by atoms with E-state index in [1.54, 1.807) is 24.5 Å². The lowest BCUT2D eigenvalue weighted by Gasteiger charge is -2.20. The summed E-state index contributed by atoms with van der Waals surface area (Å²) in [6.45, 7) is 2.63. The van der Waals surface area contributed by atoms with Crippen molar-refractivity contribution in [3.05, 3.63) is 65.7 Å². The Morgan fingerprint density at radius 1 is 1.16 bits per heavy atom. The Morgan fingerprint density at radius 2 is 1.92 bits per heavy atom. The van der Waals surface area contributed by atoms with Gasteiger partial charge in [0.2, 0.25) is 11.8 Å². The van der Waals surface area contributed by atoms with Crippen LogP contribution in [0.3, 0.4) is 0 Å². The van der Waals surface area contributed by atoms with E-state index in [0.717, 1.165) is 11.1 Å². The lowest BCUT2D eigenvalue weighted by atomic mass is 10.1. The highest BCUT2D eigenvalue weighted by atomic mass is 19.1. The van der Waals surface area contributed by atoms with Gasteiger partial charge < -0.3 is 10.2 Å². The number of halogens is 1. The summed E-state index contributed by atoms with van der Waals surface area (Å²) >= 11 is 0. The van der Waals surface area contributed by atoms with Gasteiger partial charge in [-0.25, -0.2) is 4.39 Å². The molecule has 1 aromatic heterocycles. The maximum absolute atomic E-state index is 12.9. The zero-order valence-electron chi connectivity index (χ0n) is 14.2. The molecule has 0 radical (unpaired) electrons. The summed E-state index contributed by atoms with van der Waals surface area (Å²) in [5, 5.41) is 2.75. The number of aromatic nitrogens is 1. The minimum Gasteiger partial charge on any atom is -0.350 e. The first-order valence-electron chi connectivity index (χ1n) is 8.26. The Bertz CT molecular complexity index is 690. The molecule has 0 bridgehead atoms. The topological polar surface area (TPSA) is 62.3 Å². The van der Waals surface area contributed by atoms with Crippen LogP contribution in [0.25, 0.3) is 0 Å². The lowest BCUT2D eigenvalue weighted by Crippen LogP contribution is -2.40. The van der Waals surface area contributed by atoms with Gasteiger partial charge in [0.25, 0.3) is 0 Å². The number of carbonyl (C=O) groups excluding carboxylic acids is 2. The number of rotatable bonds is 8. The van der Waals surface area contributed by atoms with Gasteiger partial charge >= 0.3 is 0 Å². The summed E-state index contributed by atoms with van der Waals surface area (Å²) in [7, 11) is 0. The molecule has 0 fully saturated rings. The van der Waals surface area contributed by atoms with Crippen molar-refractivity contribution < 1.29 is 14.0 Å². The summed E-state index contributed by atoms with van der Waals surface area (Å²) in [5.74, 6) is -0.615. The molecule has 0 aliphatic carbocycles. The summed E-state index contributed by atoms with van der Waals surface area (Å²) in [4.78, 5) is 29.9. The number of aryl methyl sites for hydroxylation is 1. The Kier molecular flexibility index (Phi) is 7.07. The summed E-state index contributed by atoms with van der Waals surface area (Å²) in [6.07, 6.45) is 4.36. The van der Waals surface area contributed by atoms with E-state index in [1.807, 2.05) is 19.1 Å². The number of carbonyl (C=O) groups is 2. The molecule has 25 heavy (non-hydrogen) atoms. The fraction of sp³-hybridized carbons (Fsp3) is 0.316. The zero-order chi connectivity index (χ0) is 18.1. The molecule has 1 N–H and O–H groups in total. The van der Waals surface area contributed by atoms with E-state index in [9.17, 15) is 14.0 Å². The Balaban J connectivity index is 1.78. The second-order valence-corrected chi connectivity index (χ2v) is 5.67. The number of hydrogen-bond donors (Lipinski definition) is 1. The van der Waals surface area contributed by atoms with E-state index in [4.69, 9.17) is 0 Å². The number of pyridine rings is 1. The number of likely N-dealkylation sites (N-methyl/N-ethyl adjacent to an activating group) is 1. The van der Waals surface area contributed by atoms with Crippen molar-refractivity contribution in [2.45, 2.75) is 26.3 Å². The van der Waals surface area contributed by atoms with Crippen LogP contribution in [0.4, 0.5) is 4.39 Å². The SMILES string of the molecule is CCN(CC(=O)NCc1ccc(F)cc1)C(=O)CCc1cccnc1. The normalized spacial score (nSPS) is 10.3. The van der Waals surface area contributed by atoms with Crippen LogP contribution in [-0.2, 0) is 22.6 Å². The van der Waals surface area contributed by atoms with Crippen molar-refractivity contribution in [1.29, 1.82) is 0 Å². The van der Waals surface area contributed by atoms with Crippen LogP contribution < -0.4 is 5.32 Å². The maximum atomic E-state index is 12.9. The van der Waals surface area contributed by atoms with Crippen LogP contribution in [0.2, 0.25) is 0 Å². The van der Waals surface area contributed by atoms with Crippen molar-refractivity contribution in [3.8, 4) is 0 Å². The fourth-order valence-corrected chi connectivity index (χ4v) is 2.36. The third-order valence-corrected chi connectivity index (χ3v) is 3.82. The molecule has 1 aromatic carbocycles. The molecule has 0 aliphatic rings.